The number of carbonyl (C=O) groups excluding carboxylic acids is 1. The molecular weight excluding hydrogens is 378 g/mol. The van der Waals surface area contributed by atoms with E-state index in [0.29, 0.717) is 10.9 Å². The molecule has 0 aliphatic rings. The van der Waals surface area contributed by atoms with Crippen molar-refractivity contribution in [1.29, 1.82) is 0 Å². The molecule has 140 valence electrons. The number of aromatic nitrogens is 2. The third-order valence-electron chi connectivity index (χ3n) is 3.82. The van der Waals surface area contributed by atoms with Crippen LogP contribution in [0.4, 0.5) is 5.13 Å². The van der Waals surface area contributed by atoms with E-state index < -0.39 is 6.10 Å². The Balaban J connectivity index is 1.50. The first-order valence-electron chi connectivity index (χ1n) is 8.55. The van der Waals surface area contributed by atoms with Gasteiger partial charge >= 0.3 is 0 Å². The molecule has 5 nitrogen and oxygen atoms in total. The number of anilines is 1. The Morgan fingerprint density at radius 2 is 1.70 bits per heavy atom. The SMILES string of the molecule is Cc1ccc(CSc2nnc(NC(=O)C(C)Oc3ccc(C)cc3)s2)cc1. The average Bonchev–Trinajstić information content (AvgIpc) is 3.10. The molecule has 2 aromatic carbocycles. The maximum atomic E-state index is 12.3. The van der Waals surface area contributed by atoms with Gasteiger partial charge < -0.3 is 4.74 Å². The van der Waals surface area contributed by atoms with E-state index >= 15 is 0 Å². The molecule has 3 rings (SSSR count). The highest BCUT2D eigenvalue weighted by Gasteiger charge is 2.17. The first-order valence-corrected chi connectivity index (χ1v) is 10.4. The Morgan fingerprint density at radius 3 is 2.37 bits per heavy atom. The van der Waals surface area contributed by atoms with Crippen molar-refractivity contribution in [3.8, 4) is 5.75 Å². The maximum Gasteiger partial charge on any atom is 0.266 e. The average molecular weight is 400 g/mol. The fourth-order valence-electron chi connectivity index (χ4n) is 2.23. The van der Waals surface area contributed by atoms with Crippen LogP contribution in [0.1, 0.15) is 23.6 Å². The molecule has 0 bridgehead atoms. The zero-order valence-electron chi connectivity index (χ0n) is 15.4. The van der Waals surface area contributed by atoms with Crippen molar-refractivity contribution in [2.75, 3.05) is 5.32 Å². The number of benzene rings is 2. The van der Waals surface area contributed by atoms with E-state index in [1.165, 1.54) is 22.5 Å². The van der Waals surface area contributed by atoms with Crippen molar-refractivity contribution in [2.24, 2.45) is 0 Å². The van der Waals surface area contributed by atoms with Gasteiger partial charge in [-0.25, -0.2) is 0 Å². The summed E-state index contributed by atoms with van der Waals surface area (Å²) >= 11 is 2.96. The van der Waals surface area contributed by atoms with Crippen molar-refractivity contribution in [3.63, 3.8) is 0 Å². The minimum atomic E-state index is -0.625. The van der Waals surface area contributed by atoms with Crippen molar-refractivity contribution in [2.45, 2.75) is 37.0 Å². The second-order valence-electron chi connectivity index (χ2n) is 6.21. The predicted molar refractivity (Wildman–Crippen MR) is 111 cm³/mol. The zero-order valence-corrected chi connectivity index (χ0v) is 17.1. The van der Waals surface area contributed by atoms with E-state index in [0.717, 1.165) is 15.7 Å². The van der Waals surface area contributed by atoms with Gasteiger partial charge in [0, 0.05) is 5.75 Å². The van der Waals surface area contributed by atoms with Gasteiger partial charge in [-0.15, -0.1) is 10.2 Å². The van der Waals surface area contributed by atoms with E-state index in [2.05, 4.69) is 46.7 Å². The van der Waals surface area contributed by atoms with Crippen molar-refractivity contribution >= 4 is 34.1 Å². The number of hydrogen-bond donors (Lipinski definition) is 1. The molecule has 0 radical (unpaired) electrons. The lowest BCUT2D eigenvalue weighted by atomic mass is 10.2. The highest BCUT2D eigenvalue weighted by atomic mass is 32.2. The molecule has 7 heteroatoms. The van der Waals surface area contributed by atoms with E-state index in [1.807, 2.05) is 31.2 Å². The number of nitrogens with zero attached hydrogens (tertiary/aromatic N) is 2. The zero-order chi connectivity index (χ0) is 19.2. The quantitative estimate of drug-likeness (QED) is 0.454. The molecule has 0 spiro atoms. The van der Waals surface area contributed by atoms with E-state index in [4.69, 9.17) is 4.74 Å². The molecule has 1 atom stereocenters. The molecular formula is C20H21N3O2S2. The topological polar surface area (TPSA) is 64.1 Å². The van der Waals surface area contributed by atoms with Crippen LogP contribution in [0.2, 0.25) is 0 Å². The van der Waals surface area contributed by atoms with E-state index in [1.54, 1.807) is 18.7 Å². The third-order valence-corrected chi connectivity index (χ3v) is 5.87. The first-order chi connectivity index (χ1) is 13.0. The minimum Gasteiger partial charge on any atom is -0.481 e. The smallest absolute Gasteiger partial charge is 0.266 e. The van der Waals surface area contributed by atoms with Gasteiger partial charge in [-0.05, 0) is 38.5 Å². The third kappa shape index (κ3) is 5.80. The standard InChI is InChI=1S/C20H21N3O2S2/c1-13-4-8-16(9-5-13)12-26-20-23-22-19(27-20)21-18(24)15(3)25-17-10-6-14(2)7-11-17/h4-11,15H,12H2,1-3H3,(H,21,22,24). The number of amides is 1. The highest BCUT2D eigenvalue weighted by Crippen LogP contribution is 2.28. The summed E-state index contributed by atoms with van der Waals surface area (Å²) in [6, 6.07) is 16.0. The fourth-order valence-corrected chi connectivity index (χ4v) is 3.94. The predicted octanol–water partition coefficient (Wildman–Crippen LogP) is 4.85. The maximum absolute atomic E-state index is 12.3. The van der Waals surface area contributed by atoms with Gasteiger partial charge in [0.15, 0.2) is 10.4 Å². The molecule has 1 unspecified atom stereocenters. The highest BCUT2D eigenvalue weighted by molar-refractivity contribution is 8.00. The van der Waals surface area contributed by atoms with Crippen LogP contribution in [0.3, 0.4) is 0 Å². The summed E-state index contributed by atoms with van der Waals surface area (Å²) in [5, 5.41) is 11.4. The lowest BCUT2D eigenvalue weighted by Gasteiger charge is -2.13. The van der Waals surface area contributed by atoms with Crippen molar-refractivity contribution in [3.05, 3.63) is 65.2 Å². The summed E-state index contributed by atoms with van der Waals surface area (Å²) in [5.41, 5.74) is 3.61. The van der Waals surface area contributed by atoms with Gasteiger partial charge in [-0.1, -0.05) is 70.6 Å². The van der Waals surface area contributed by atoms with Crippen LogP contribution >= 0.6 is 23.1 Å². The first kappa shape index (κ1) is 19.4. The van der Waals surface area contributed by atoms with Crippen LogP contribution in [0.15, 0.2) is 52.9 Å². The molecule has 0 saturated carbocycles. The number of carbonyl (C=O) groups is 1. The van der Waals surface area contributed by atoms with Crippen LogP contribution in [0, 0.1) is 13.8 Å². The summed E-state index contributed by atoms with van der Waals surface area (Å²) in [6.45, 7) is 5.78. The van der Waals surface area contributed by atoms with E-state index in [-0.39, 0.29) is 5.91 Å². The monoisotopic (exact) mass is 399 g/mol. The summed E-state index contributed by atoms with van der Waals surface area (Å²) < 4.78 is 6.48. The minimum absolute atomic E-state index is 0.248. The van der Waals surface area contributed by atoms with Crippen molar-refractivity contribution < 1.29 is 9.53 Å². The van der Waals surface area contributed by atoms with Gasteiger partial charge in [-0.3, -0.25) is 10.1 Å². The van der Waals surface area contributed by atoms with Crippen LogP contribution in [0.25, 0.3) is 0 Å². The van der Waals surface area contributed by atoms with Crippen LogP contribution in [0.5, 0.6) is 5.75 Å². The number of thioether (sulfide) groups is 1. The summed E-state index contributed by atoms with van der Waals surface area (Å²) in [7, 11) is 0. The summed E-state index contributed by atoms with van der Waals surface area (Å²) in [6.07, 6.45) is -0.625. The normalized spacial score (nSPS) is 11.8. The number of aryl methyl sites for hydroxylation is 2. The molecule has 0 fully saturated rings. The van der Waals surface area contributed by atoms with Crippen LogP contribution < -0.4 is 10.1 Å². The molecule has 0 aliphatic heterocycles. The molecule has 1 amide bonds. The number of ether oxygens (including phenoxy) is 1. The molecule has 1 N–H and O–H groups in total. The van der Waals surface area contributed by atoms with Gasteiger partial charge in [0.2, 0.25) is 5.13 Å². The number of nitrogens with one attached hydrogen (secondary N) is 1. The van der Waals surface area contributed by atoms with Crippen LogP contribution in [-0.2, 0) is 10.5 Å². The molecule has 1 aromatic heterocycles. The van der Waals surface area contributed by atoms with Gasteiger partial charge in [-0.2, -0.15) is 0 Å². The molecule has 0 saturated heterocycles. The Morgan fingerprint density at radius 1 is 1.07 bits per heavy atom. The van der Waals surface area contributed by atoms with Gasteiger partial charge in [0.25, 0.3) is 5.91 Å². The van der Waals surface area contributed by atoms with E-state index in [9.17, 15) is 4.79 Å². The van der Waals surface area contributed by atoms with Crippen LogP contribution in [-0.4, -0.2) is 22.2 Å². The lowest BCUT2D eigenvalue weighted by molar-refractivity contribution is -0.122. The Bertz CT molecular complexity index is 892. The largest absolute Gasteiger partial charge is 0.481 e. The summed E-state index contributed by atoms with van der Waals surface area (Å²) in [4.78, 5) is 12.3. The number of hydrogen-bond acceptors (Lipinski definition) is 6. The molecule has 27 heavy (non-hydrogen) atoms. The molecule has 3 aromatic rings. The molecule has 1 heterocycles. The lowest BCUT2D eigenvalue weighted by Crippen LogP contribution is -2.30. The van der Waals surface area contributed by atoms with Crippen molar-refractivity contribution in [1.82, 2.24) is 10.2 Å². The second-order valence-corrected chi connectivity index (χ2v) is 8.41. The molecule has 0 aliphatic carbocycles. The Kier molecular flexibility index (Phi) is 6.47. The van der Waals surface area contributed by atoms with Gasteiger partial charge in [0.05, 0.1) is 0 Å². The Hall–Kier alpha value is -2.38. The number of rotatable bonds is 7. The summed E-state index contributed by atoms with van der Waals surface area (Å²) in [5.74, 6) is 1.23. The fraction of sp³-hybridized carbons (Fsp3) is 0.250. The van der Waals surface area contributed by atoms with Gasteiger partial charge in [0.1, 0.15) is 5.75 Å². The Labute approximate surface area is 167 Å². The second kappa shape index (κ2) is 9.01.